The molecule has 9 heteroatoms. The van der Waals surface area contributed by atoms with E-state index >= 15 is 0 Å². The molecule has 0 N–H and O–H groups in total. The molecule has 0 bridgehead atoms. The van der Waals surface area contributed by atoms with Crippen molar-refractivity contribution in [1.82, 2.24) is 0 Å². The van der Waals surface area contributed by atoms with Crippen molar-refractivity contribution >= 4 is 17.9 Å². The number of esters is 3. The highest BCUT2D eigenvalue weighted by Crippen LogP contribution is 2.20. The molecule has 0 fully saturated rings. The van der Waals surface area contributed by atoms with E-state index in [1.54, 1.807) is 43.3 Å². The van der Waals surface area contributed by atoms with Crippen LogP contribution >= 0.6 is 0 Å². The maximum Gasteiger partial charge on any atom is 0.366 e. The van der Waals surface area contributed by atoms with E-state index in [0.717, 1.165) is 0 Å². The van der Waals surface area contributed by atoms with Gasteiger partial charge in [-0.05, 0) is 55.5 Å². The molecule has 2 aromatic carbocycles. The fourth-order valence-electron chi connectivity index (χ4n) is 2.25. The topological polar surface area (TPSA) is 97.4 Å². The Kier molecular flexibility index (Phi) is 9.63. The van der Waals surface area contributed by atoms with E-state index in [2.05, 4.69) is 17.9 Å². The van der Waals surface area contributed by atoms with Gasteiger partial charge in [0.15, 0.2) is 0 Å². The lowest BCUT2D eigenvalue weighted by atomic mass is 10.2. The zero-order valence-electron chi connectivity index (χ0n) is 18.0. The van der Waals surface area contributed by atoms with Crippen LogP contribution in [-0.4, -0.2) is 44.3 Å². The lowest BCUT2D eigenvalue weighted by molar-refractivity contribution is -0.141. The second kappa shape index (κ2) is 12.7. The van der Waals surface area contributed by atoms with E-state index in [-0.39, 0.29) is 26.4 Å². The SMILES string of the molecule is C=C(C)C(=O)OCCOc1ccc(C(=O)Oc2ccc(OCCOC(=O)C(=C)F)cc2)cc1. The molecule has 0 aromatic heterocycles. The van der Waals surface area contributed by atoms with Gasteiger partial charge < -0.3 is 23.7 Å². The molecule has 8 nitrogen and oxygen atoms in total. The van der Waals surface area contributed by atoms with Gasteiger partial charge in [-0.2, -0.15) is 4.39 Å². The van der Waals surface area contributed by atoms with Crippen LogP contribution in [0.3, 0.4) is 0 Å². The van der Waals surface area contributed by atoms with Gasteiger partial charge in [0.1, 0.15) is 43.7 Å². The van der Waals surface area contributed by atoms with Crippen LogP contribution < -0.4 is 14.2 Å². The third-order valence-electron chi connectivity index (χ3n) is 3.86. The summed E-state index contributed by atoms with van der Waals surface area (Å²) in [6.07, 6.45) is 0. The standard InChI is InChI=1S/C24H23FO8/c1-16(2)22(26)31-14-12-29-19-6-4-18(5-7-19)24(28)33-21-10-8-20(9-11-21)30-13-15-32-23(27)17(3)25/h4-11H,1,3,12-15H2,2H3. The molecule has 0 unspecified atom stereocenters. The van der Waals surface area contributed by atoms with Gasteiger partial charge in [-0.25, -0.2) is 14.4 Å². The van der Waals surface area contributed by atoms with E-state index in [0.29, 0.717) is 28.4 Å². The van der Waals surface area contributed by atoms with E-state index in [4.69, 9.17) is 18.9 Å². The summed E-state index contributed by atoms with van der Waals surface area (Å²) in [7, 11) is 0. The first-order chi connectivity index (χ1) is 15.8. The second-order valence-corrected chi connectivity index (χ2v) is 6.54. The molecule has 0 atom stereocenters. The van der Waals surface area contributed by atoms with Gasteiger partial charge in [0.05, 0.1) is 5.56 Å². The molecule has 0 spiro atoms. The van der Waals surface area contributed by atoms with Crippen LogP contribution in [-0.2, 0) is 19.1 Å². The van der Waals surface area contributed by atoms with Gasteiger partial charge in [0.25, 0.3) is 0 Å². The Balaban J connectivity index is 1.75. The van der Waals surface area contributed by atoms with Crippen molar-refractivity contribution in [3.05, 3.63) is 78.7 Å². The molecular weight excluding hydrogens is 435 g/mol. The quantitative estimate of drug-likeness (QED) is 0.205. The number of carbonyl (C=O) groups excluding carboxylic acids is 3. The predicted octanol–water partition coefficient (Wildman–Crippen LogP) is 3.81. The molecule has 0 saturated carbocycles. The fourth-order valence-corrected chi connectivity index (χ4v) is 2.25. The summed E-state index contributed by atoms with van der Waals surface area (Å²) in [5, 5.41) is 0. The highest BCUT2D eigenvalue weighted by molar-refractivity contribution is 5.91. The van der Waals surface area contributed by atoms with Crippen LogP contribution in [0.15, 0.2) is 73.1 Å². The molecule has 174 valence electrons. The van der Waals surface area contributed by atoms with Crippen LogP contribution in [0.25, 0.3) is 0 Å². The molecule has 0 heterocycles. The lowest BCUT2D eigenvalue weighted by Gasteiger charge is -2.09. The third-order valence-corrected chi connectivity index (χ3v) is 3.86. The summed E-state index contributed by atoms with van der Waals surface area (Å²) in [5.41, 5.74) is 0.622. The van der Waals surface area contributed by atoms with Crippen LogP contribution in [0, 0.1) is 0 Å². The monoisotopic (exact) mass is 458 g/mol. The predicted molar refractivity (Wildman–Crippen MR) is 116 cm³/mol. The van der Waals surface area contributed by atoms with Gasteiger partial charge in [-0.15, -0.1) is 0 Å². The lowest BCUT2D eigenvalue weighted by Crippen LogP contribution is -2.12. The minimum atomic E-state index is -1.18. The van der Waals surface area contributed by atoms with Crippen molar-refractivity contribution in [1.29, 1.82) is 0 Å². The average Bonchev–Trinajstić information content (AvgIpc) is 2.80. The van der Waals surface area contributed by atoms with Gasteiger partial charge in [-0.1, -0.05) is 13.2 Å². The fraction of sp³-hybridized carbons (Fsp3) is 0.208. The molecule has 0 aliphatic heterocycles. The van der Waals surface area contributed by atoms with Gasteiger partial charge in [0, 0.05) is 5.57 Å². The van der Waals surface area contributed by atoms with Gasteiger partial charge in [-0.3, -0.25) is 0 Å². The Morgan fingerprint density at radius 2 is 1.18 bits per heavy atom. The van der Waals surface area contributed by atoms with E-state index in [1.165, 1.54) is 12.1 Å². The number of benzene rings is 2. The number of ether oxygens (including phenoxy) is 5. The molecule has 2 aromatic rings. The largest absolute Gasteiger partial charge is 0.490 e. The number of halogens is 1. The Labute approximate surface area is 190 Å². The van der Waals surface area contributed by atoms with Crippen LogP contribution in [0.1, 0.15) is 17.3 Å². The molecule has 0 saturated heterocycles. The number of rotatable bonds is 12. The number of hydrogen-bond acceptors (Lipinski definition) is 8. The normalized spacial score (nSPS) is 10.0. The number of hydrogen-bond donors (Lipinski definition) is 0. The smallest absolute Gasteiger partial charge is 0.366 e. The molecule has 0 aliphatic carbocycles. The summed E-state index contributed by atoms with van der Waals surface area (Å²) < 4.78 is 38.1. The Hall–Kier alpha value is -4.14. The minimum Gasteiger partial charge on any atom is -0.490 e. The molecule has 33 heavy (non-hydrogen) atoms. The molecule has 0 radical (unpaired) electrons. The van der Waals surface area contributed by atoms with Crippen molar-refractivity contribution in [3.63, 3.8) is 0 Å². The Bertz CT molecular complexity index is 996. The minimum absolute atomic E-state index is 0.0168. The van der Waals surface area contributed by atoms with E-state index in [9.17, 15) is 18.8 Å². The highest BCUT2D eigenvalue weighted by Gasteiger charge is 2.10. The average molecular weight is 458 g/mol. The molecule has 2 rings (SSSR count). The molecule has 0 amide bonds. The molecule has 0 aliphatic rings. The summed E-state index contributed by atoms with van der Waals surface area (Å²) in [4.78, 5) is 34.5. The first-order valence-electron chi connectivity index (χ1n) is 9.78. The summed E-state index contributed by atoms with van der Waals surface area (Å²) in [5.74, 6) is -2.12. The second-order valence-electron chi connectivity index (χ2n) is 6.54. The van der Waals surface area contributed by atoms with Crippen LogP contribution in [0.2, 0.25) is 0 Å². The first-order valence-corrected chi connectivity index (χ1v) is 9.78. The number of carbonyl (C=O) groups is 3. The maximum atomic E-state index is 12.5. The van der Waals surface area contributed by atoms with Crippen molar-refractivity contribution < 1.29 is 42.5 Å². The first kappa shape index (κ1) is 25.1. The molecular formula is C24H23FO8. The maximum absolute atomic E-state index is 12.5. The summed E-state index contributed by atoms with van der Waals surface area (Å²) in [6.45, 7) is 7.98. The van der Waals surface area contributed by atoms with Gasteiger partial charge in [0.2, 0.25) is 5.83 Å². The van der Waals surface area contributed by atoms with E-state index in [1.807, 2.05) is 0 Å². The van der Waals surface area contributed by atoms with Crippen LogP contribution in [0.4, 0.5) is 4.39 Å². The zero-order valence-corrected chi connectivity index (χ0v) is 18.0. The van der Waals surface area contributed by atoms with E-state index < -0.39 is 23.7 Å². The van der Waals surface area contributed by atoms with Crippen molar-refractivity contribution in [2.45, 2.75) is 6.92 Å². The Morgan fingerprint density at radius 1 is 0.727 bits per heavy atom. The van der Waals surface area contributed by atoms with Crippen molar-refractivity contribution in [2.75, 3.05) is 26.4 Å². The zero-order chi connectivity index (χ0) is 24.2. The van der Waals surface area contributed by atoms with Crippen molar-refractivity contribution in [2.24, 2.45) is 0 Å². The highest BCUT2D eigenvalue weighted by atomic mass is 19.1. The Morgan fingerprint density at radius 3 is 1.67 bits per heavy atom. The van der Waals surface area contributed by atoms with Gasteiger partial charge >= 0.3 is 17.9 Å². The summed E-state index contributed by atoms with van der Waals surface area (Å²) >= 11 is 0. The van der Waals surface area contributed by atoms with Crippen molar-refractivity contribution in [3.8, 4) is 17.2 Å². The van der Waals surface area contributed by atoms with Crippen LogP contribution in [0.5, 0.6) is 17.2 Å². The summed E-state index contributed by atoms with van der Waals surface area (Å²) in [6, 6.07) is 12.5. The third kappa shape index (κ3) is 8.86.